The molecule has 1 saturated heterocycles. The zero-order chi connectivity index (χ0) is 25.3. The fourth-order valence-corrected chi connectivity index (χ4v) is 4.81. The summed E-state index contributed by atoms with van der Waals surface area (Å²) in [5.74, 6) is -1.52. The van der Waals surface area contributed by atoms with Crippen molar-refractivity contribution in [2.45, 2.75) is 13.0 Å². The van der Waals surface area contributed by atoms with Crippen molar-refractivity contribution in [3.8, 4) is 11.5 Å². The highest BCUT2D eigenvalue weighted by molar-refractivity contribution is 7.17. The van der Waals surface area contributed by atoms with Crippen molar-refractivity contribution in [1.29, 1.82) is 0 Å². The first-order valence-corrected chi connectivity index (χ1v) is 11.3. The second-order valence-electron chi connectivity index (χ2n) is 7.57. The van der Waals surface area contributed by atoms with E-state index in [0.29, 0.717) is 28.3 Å². The summed E-state index contributed by atoms with van der Waals surface area (Å²) in [6.45, 7) is 1.61. The third-order valence-electron chi connectivity index (χ3n) is 5.60. The van der Waals surface area contributed by atoms with Crippen LogP contribution in [0.2, 0.25) is 0 Å². The van der Waals surface area contributed by atoms with E-state index in [1.165, 1.54) is 26.2 Å². The molecule has 0 unspecified atom stereocenters. The van der Waals surface area contributed by atoms with E-state index >= 15 is 0 Å². The Morgan fingerprint density at radius 1 is 0.971 bits per heavy atom. The van der Waals surface area contributed by atoms with Gasteiger partial charge in [0.15, 0.2) is 5.13 Å². The number of anilines is 1. The zero-order valence-corrected chi connectivity index (χ0v) is 20.2. The average Bonchev–Trinajstić information content (AvgIpc) is 3.39. The van der Waals surface area contributed by atoms with Crippen LogP contribution in [0.25, 0.3) is 5.76 Å². The minimum Gasteiger partial charge on any atom is -0.507 e. The molecule has 180 valence electrons. The maximum Gasteiger partial charge on any atom is 0.350 e. The van der Waals surface area contributed by atoms with Crippen LogP contribution >= 0.6 is 11.3 Å². The molecule has 4 rings (SSSR count). The first-order chi connectivity index (χ1) is 16.8. The SMILES string of the molecule is COC(=O)c1sc(N2C(=O)C(=O)/C(=C(/O)c3ccc(OC)cc3)[C@H]2c2ccc(OC)cc2)nc1C. The van der Waals surface area contributed by atoms with Gasteiger partial charge in [0.1, 0.15) is 22.1 Å². The number of carbonyl (C=O) groups excluding carboxylic acids is 3. The summed E-state index contributed by atoms with van der Waals surface area (Å²) in [7, 11) is 4.29. The predicted molar refractivity (Wildman–Crippen MR) is 129 cm³/mol. The van der Waals surface area contributed by atoms with Gasteiger partial charge in [0.2, 0.25) is 0 Å². The maximum atomic E-state index is 13.3. The standard InChI is InChI=1S/C25H22N2O7S/c1-13-22(24(31)34-4)35-25(26-13)27-19(14-5-9-16(32-2)10-6-14)18(21(29)23(27)30)20(28)15-7-11-17(33-3)12-8-15/h5-12,19,28H,1-4H3/b20-18+/t19-/m1/s1. The van der Waals surface area contributed by atoms with Crippen LogP contribution in [0.3, 0.4) is 0 Å². The number of hydrogen-bond acceptors (Lipinski definition) is 9. The lowest BCUT2D eigenvalue weighted by atomic mass is 9.95. The molecule has 9 nitrogen and oxygen atoms in total. The molecule has 1 aromatic heterocycles. The largest absolute Gasteiger partial charge is 0.507 e. The van der Waals surface area contributed by atoms with E-state index in [1.807, 2.05) is 0 Å². The molecule has 0 aliphatic carbocycles. The number of hydrogen-bond donors (Lipinski definition) is 1. The van der Waals surface area contributed by atoms with Crippen molar-refractivity contribution in [2.75, 3.05) is 26.2 Å². The summed E-state index contributed by atoms with van der Waals surface area (Å²) < 4.78 is 15.2. The predicted octanol–water partition coefficient (Wildman–Crippen LogP) is 3.88. The third kappa shape index (κ3) is 4.24. The number of aliphatic hydroxyl groups is 1. The van der Waals surface area contributed by atoms with E-state index in [4.69, 9.17) is 14.2 Å². The van der Waals surface area contributed by atoms with Crippen molar-refractivity contribution in [2.24, 2.45) is 0 Å². The summed E-state index contributed by atoms with van der Waals surface area (Å²) >= 11 is 0.938. The Morgan fingerprint density at radius 3 is 2.09 bits per heavy atom. The Bertz CT molecular complexity index is 1330. The summed E-state index contributed by atoms with van der Waals surface area (Å²) in [4.78, 5) is 44.4. The summed E-state index contributed by atoms with van der Waals surface area (Å²) in [5, 5.41) is 11.3. The number of ether oxygens (including phenoxy) is 3. The van der Waals surface area contributed by atoms with Gasteiger partial charge in [0, 0.05) is 5.56 Å². The molecule has 35 heavy (non-hydrogen) atoms. The summed E-state index contributed by atoms with van der Waals surface area (Å²) in [6, 6.07) is 12.3. The minimum atomic E-state index is -0.987. The van der Waals surface area contributed by atoms with Crippen LogP contribution in [0.4, 0.5) is 5.13 Å². The van der Waals surface area contributed by atoms with Gasteiger partial charge in [-0.15, -0.1) is 0 Å². The van der Waals surface area contributed by atoms with E-state index in [0.717, 1.165) is 11.3 Å². The van der Waals surface area contributed by atoms with Crippen LogP contribution in [-0.2, 0) is 14.3 Å². The Hall–Kier alpha value is -4.18. The molecule has 1 aliphatic heterocycles. The van der Waals surface area contributed by atoms with E-state index < -0.39 is 23.7 Å². The van der Waals surface area contributed by atoms with Crippen LogP contribution < -0.4 is 14.4 Å². The molecule has 1 fully saturated rings. The number of rotatable bonds is 6. The number of thiazole rings is 1. The van der Waals surface area contributed by atoms with Crippen molar-refractivity contribution < 1.29 is 33.7 Å². The smallest absolute Gasteiger partial charge is 0.350 e. The zero-order valence-electron chi connectivity index (χ0n) is 19.4. The molecular weight excluding hydrogens is 472 g/mol. The molecule has 1 atom stereocenters. The van der Waals surface area contributed by atoms with Gasteiger partial charge in [-0.3, -0.25) is 14.5 Å². The summed E-state index contributed by atoms with van der Waals surface area (Å²) in [6.07, 6.45) is 0. The highest BCUT2D eigenvalue weighted by Crippen LogP contribution is 2.44. The third-order valence-corrected chi connectivity index (χ3v) is 6.74. The number of amides is 1. The van der Waals surface area contributed by atoms with Gasteiger partial charge in [-0.1, -0.05) is 23.5 Å². The van der Waals surface area contributed by atoms with Crippen molar-refractivity contribution in [3.05, 3.63) is 75.8 Å². The van der Waals surface area contributed by atoms with Gasteiger partial charge in [-0.25, -0.2) is 9.78 Å². The molecule has 0 spiro atoms. The normalized spacial score (nSPS) is 16.9. The quantitative estimate of drug-likeness (QED) is 0.238. The number of aryl methyl sites for hydroxylation is 1. The highest BCUT2D eigenvalue weighted by Gasteiger charge is 2.48. The number of methoxy groups -OCH3 is 3. The summed E-state index contributed by atoms with van der Waals surface area (Å²) in [5.41, 5.74) is 1.15. The first-order valence-electron chi connectivity index (χ1n) is 10.5. The highest BCUT2D eigenvalue weighted by atomic mass is 32.1. The number of esters is 1. The number of nitrogens with zero attached hydrogens (tertiary/aromatic N) is 2. The van der Waals surface area contributed by atoms with Gasteiger partial charge in [0.05, 0.1) is 38.6 Å². The lowest BCUT2D eigenvalue weighted by molar-refractivity contribution is -0.132. The molecule has 2 aromatic carbocycles. The monoisotopic (exact) mass is 494 g/mol. The lowest BCUT2D eigenvalue weighted by Gasteiger charge is -2.23. The molecule has 1 N–H and O–H groups in total. The Morgan fingerprint density at radius 2 is 1.54 bits per heavy atom. The molecule has 0 saturated carbocycles. The van der Waals surface area contributed by atoms with Crippen LogP contribution in [0.15, 0.2) is 54.1 Å². The van der Waals surface area contributed by atoms with E-state index in [1.54, 1.807) is 55.5 Å². The van der Waals surface area contributed by atoms with Gasteiger partial charge in [-0.05, 0) is 48.9 Å². The molecule has 0 radical (unpaired) electrons. The second-order valence-corrected chi connectivity index (χ2v) is 8.55. The van der Waals surface area contributed by atoms with Crippen LogP contribution in [0, 0.1) is 6.92 Å². The average molecular weight is 495 g/mol. The minimum absolute atomic E-state index is 0.0993. The number of aliphatic hydroxyl groups excluding tert-OH is 1. The van der Waals surface area contributed by atoms with Crippen LogP contribution in [0.5, 0.6) is 11.5 Å². The molecule has 1 aliphatic rings. The van der Waals surface area contributed by atoms with E-state index in [2.05, 4.69) is 4.98 Å². The number of ketones is 1. The van der Waals surface area contributed by atoms with Gasteiger partial charge >= 0.3 is 11.9 Å². The molecule has 10 heteroatoms. The van der Waals surface area contributed by atoms with Crippen LogP contribution in [-0.4, -0.2) is 49.1 Å². The Labute approximate surface area is 205 Å². The van der Waals surface area contributed by atoms with Crippen molar-refractivity contribution in [3.63, 3.8) is 0 Å². The van der Waals surface area contributed by atoms with Crippen molar-refractivity contribution >= 4 is 39.9 Å². The topological polar surface area (TPSA) is 115 Å². The maximum absolute atomic E-state index is 13.3. The Kier molecular flexibility index (Phi) is 6.57. The van der Waals surface area contributed by atoms with E-state index in [9.17, 15) is 19.5 Å². The second kappa shape index (κ2) is 9.59. The Balaban J connectivity index is 1.91. The first kappa shape index (κ1) is 24.0. The van der Waals surface area contributed by atoms with E-state index in [-0.39, 0.29) is 21.3 Å². The van der Waals surface area contributed by atoms with Gasteiger partial charge in [0.25, 0.3) is 5.78 Å². The number of aromatic nitrogens is 1. The molecular formula is C25H22N2O7S. The fraction of sp³-hybridized carbons (Fsp3) is 0.200. The van der Waals surface area contributed by atoms with Gasteiger partial charge in [-0.2, -0.15) is 0 Å². The number of Topliss-reactive ketones (excluding diaryl/α,β-unsaturated/α-hetero) is 1. The number of carbonyl (C=O) groups is 3. The molecule has 0 bridgehead atoms. The van der Waals surface area contributed by atoms with Crippen molar-refractivity contribution in [1.82, 2.24) is 4.98 Å². The molecule has 1 amide bonds. The molecule has 3 aromatic rings. The molecule has 2 heterocycles. The number of benzene rings is 2. The van der Waals surface area contributed by atoms with Crippen LogP contribution in [0.1, 0.15) is 32.5 Å². The lowest BCUT2D eigenvalue weighted by Crippen LogP contribution is -2.29. The fourth-order valence-electron chi connectivity index (χ4n) is 3.80. The van der Waals surface area contributed by atoms with Gasteiger partial charge < -0.3 is 19.3 Å².